The van der Waals surface area contributed by atoms with Crippen LogP contribution in [-0.4, -0.2) is 39.9 Å². The second-order valence-corrected chi connectivity index (χ2v) is 6.75. The zero-order valence-electron chi connectivity index (χ0n) is 14.3. The Balaban J connectivity index is 1.60. The number of methoxy groups -OCH3 is 1. The lowest BCUT2D eigenvalue weighted by Crippen LogP contribution is -2.23. The third-order valence-corrected chi connectivity index (χ3v) is 4.46. The minimum absolute atomic E-state index is 0.584. The van der Waals surface area contributed by atoms with Gasteiger partial charge in [-0.15, -0.1) is 0 Å². The standard InChI is InChI=1S/C18H26N4O/c1-14(2)10-22-18(19-13-20-22)12-21-9-8-16(11-21)15-4-6-17(23-3)7-5-15/h4-7,13-14,16H,8-12H2,1-3H3/t16-/m0/s1. The Kier molecular flexibility index (Phi) is 4.96. The number of hydrogen-bond donors (Lipinski definition) is 0. The van der Waals surface area contributed by atoms with E-state index in [0.717, 1.165) is 37.8 Å². The van der Waals surface area contributed by atoms with Gasteiger partial charge in [0.1, 0.15) is 17.9 Å². The molecule has 2 heterocycles. The lowest BCUT2D eigenvalue weighted by Gasteiger charge is -2.17. The fourth-order valence-corrected chi connectivity index (χ4v) is 3.23. The minimum atomic E-state index is 0.584. The molecule has 1 saturated heterocycles. The number of rotatable bonds is 6. The number of nitrogens with zero attached hydrogens (tertiary/aromatic N) is 4. The smallest absolute Gasteiger partial charge is 0.141 e. The maximum absolute atomic E-state index is 5.24. The molecule has 0 N–H and O–H groups in total. The molecule has 0 aliphatic carbocycles. The number of likely N-dealkylation sites (tertiary alicyclic amines) is 1. The molecule has 2 aromatic rings. The zero-order chi connectivity index (χ0) is 16.2. The molecule has 0 bridgehead atoms. The van der Waals surface area contributed by atoms with Crippen molar-refractivity contribution in [1.82, 2.24) is 19.7 Å². The van der Waals surface area contributed by atoms with Crippen LogP contribution in [-0.2, 0) is 13.1 Å². The maximum atomic E-state index is 5.24. The Hall–Kier alpha value is -1.88. The van der Waals surface area contributed by atoms with E-state index in [4.69, 9.17) is 4.74 Å². The van der Waals surface area contributed by atoms with Gasteiger partial charge in [0.15, 0.2) is 0 Å². The van der Waals surface area contributed by atoms with Crippen molar-refractivity contribution in [1.29, 1.82) is 0 Å². The molecule has 3 rings (SSSR count). The summed E-state index contributed by atoms with van der Waals surface area (Å²) in [5.74, 6) is 3.18. The van der Waals surface area contributed by atoms with Gasteiger partial charge in [-0.3, -0.25) is 4.90 Å². The molecule has 1 aliphatic rings. The van der Waals surface area contributed by atoms with Crippen LogP contribution in [0, 0.1) is 5.92 Å². The zero-order valence-corrected chi connectivity index (χ0v) is 14.3. The van der Waals surface area contributed by atoms with Gasteiger partial charge >= 0.3 is 0 Å². The Bertz CT molecular complexity index is 620. The fourth-order valence-electron chi connectivity index (χ4n) is 3.23. The van der Waals surface area contributed by atoms with Crippen molar-refractivity contribution in [3.8, 4) is 5.75 Å². The molecular formula is C18H26N4O. The molecule has 0 radical (unpaired) electrons. The highest BCUT2D eigenvalue weighted by Gasteiger charge is 2.25. The van der Waals surface area contributed by atoms with Gasteiger partial charge in [0, 0.05) is 13.1 Å². The van der Waals surface area contributed by atoms with E-state index >= 15 is 0 Å². The van der Waals surface area contributed by atoms with E-state index in [-0.39, 0.29) is 0 Å². The van der Waals surface area contributed by atoms with Gasteiger partial charge in [-0.25, -0.2) is 9.67 Å². The van der Waals surface area contributed by atoms with Crippen molar-refractivity contribution < 1.29 is 4.74 Å². The molecule has 1 aromatic carbocycles. The van der Waals surface area contributed by atoms with Gasteiger partial charge in [-0.05, 0) is 42.5 Å². The molecule has 0 spiro atoms. The number of hydrogen-bond acceptors (Lipinski definition) is 4. The van der Waals surface area contributed by atoms with Crippen LogP contribution < -0.4 is 4.74 Å². The summed E-state index contributed by atoms with van der Waals surface area (Å²) in [6.07, 6.45) is 2.87. The third kappa shape index (κ3) is 3.91. The molecule has 0 saturated carbocycles. The first-order chi connectivity index (χ1) is 11.2. The van der Waals surface area contributed by atoms with Gasteiger partial charge in [-0.1, -0.05) is 26.0 Å². The molecule has 23 heavy (non-hydrogen) atoms. The highest BCUT2D eigenvalue weighted by Crippen LogP contribution is 2.29. The van der Waals surface area contributed by atoms with Gasteiger partial charge in [0.25, 0.3) is 0 Å². The Morgan fingerprint density at radius 3 is 2.74 bits per heavy atom. The summed E-state index contributed by atoms with van der Waals surface area (Å²) in [4.78, 5) is 6.93. The number of benzene rings is 1. The van der Waals surface area contributed by atoms with Crippen LogP contribution in [0.5, 0.6) is 5.75 Å². The summed E-state index contributed by atoms with van der Waals surface area (Å²) in [6, 6.07) is 8.48. The van der Waals surface area contributed by atoms with Crippen LogP contribution in [0.15, 0.2) is 30.6 Å². The molecule has 1 atom stereocenters. The summed E-state index contributed by atoms with van der Waals surface area (Å²) in [5.41, 5.74) is 1.40. The largest absolute Gasteiger partial charge is 0.497 e. The topological polar surface area (TPSA) is 43.2 Å². The second kappa shape index (κ2) is 7.13. The van der Waals surface area contributed by atoms with E-state index in [1.165, 1.54) is 12.0 Å². The molecule has 1 aromatic heterocycles. The van der Waals surface area contributed by atoms with E-state index in [0.29, 0.717) is 11.8 Å². The Labute approximate surface area is 138 Å². The summed E-state index contributed by atoms with van der Waals surface area (Å²) < 4.78 is 7.29. The molecule has 1 fully saturated rings. The van der Waals surface area contributed by atoms with Crippen molar-refractivity contribution in [2.75, 3.05) is 20.2 Å². The highest BCUT2D eigenvalue weighted by molar-refractivity contribution is 5.30. The van der Waals surface area contributed by atoms with E-state index < -0.39 is 0 Å². The maximum Gasteiger partial charge on any atom is 0.141 e. The van der Waals surface area contributed by atoms with Gasteiger partial charge in [0.05, 0.1) is 13.7 Å². The predicted molar refractivity (Wildman–Crippen MR) is 90.5 cm³/mol. The normalized spacial score (nSPS) is 18.7. The van der Waals surface area contributed by atoms with E-state index in [1.54, 1.807) is 13.4 Å². The summed E-state index contributed by atoms with van der Waals surface area (Å²) >= 11 is 0. The molecular weight excluding hydrogens is 288 g/mol. The van der Waals surface area contributed by atoms with E-state index in [1.807, 2.05) is 4.68 Å². The van der Waals surface area contributed by atoms with Crippen LogP contribution in [0.4, 0.5) is 0 Å². The quantitative estimate of drug-likeness (QED) is 0.822. The summed E-state index contributed by atoms with van der Waals surface area (Å²) in [6.45, 7) is 8.44. The van der Waals surface area contributed by atoms with Crippen molar-refractivity contribution in [3.63, 3.8) is 0 Å². The molecule has 1 aliphatic heterocycles. The van der Waals surface area contributed by atoms with Crippen LogP contribution in [0.2, 0.25) is 0 Å². The first-order valence-electron chi connectivity index (χ1n) is 8.38. The summed E-state index contributed by atoms with van der Waals surface area (Å²) in [5, 5.41) is 4.36. The van der Waals surface area contributed by atoms with Crippen molar-refractivity contribution in [2.45, 2.75) is 39.3 Å². The van der Waals surface area contributed by atoms with Crippen LogP contribution >= 0.6 is 0 Å². The number of ether oxygens (including phenoxy) is 1. The van der Waals surface area contributed by atoms with Gasteiger partial charge < -0.3 is 4.74 Å². The first kappa shape index (κ1) is 16.0. The predicted octanol–water partition coefficient (Wildman–Crippen LogP) is 2.93. The molecule has 5 heteroatoms. The van der Waals surface area contributed by atoms with Gasteiger partial charge in [0.2, 0.25) is 0 Å². The van der Waals surface area contributed by atoms with Crippen LogP contribution in [0.1, 0.15) is 37.6 Å². The monoisotopic (exact) mass is 314 g/mol. The van der Waals surface area contributed by atoms with Crippen LogP contribution in [0.25, 0.3) is 0 Å². The average molecular weight is 314 g/mol. The summed E-state index contributed by atoms with van der Waals surface area (Å²) in [7, 11) is 1.71. The van der Waals surface area contributed by atoms with Crippen molar-refractivity contribution in [3.05, 3.63) is 42.0 Å². The first-order valence-corrected chi connectivity index (χ1v) is 8.38. The molecule has 124 valence electrons. The Morgan fingerprint density at radius 1 is 1.26 bits per heavy atom. The number of aromatic nitrogens is 3. The highest BCUT2D eigenvalue weighted by atomic mass is 16.5. The van der Waals surface area contributed by atoms with Crippen molar-refractivity contribution >= 4 is 0 Å². The van der Waals surface area contributed by atoms with Crippen LogP contribution in [0.3, 0.4) is 0 Å². The van der Waals surface area contributed by atoms with E-state index in [9.17, 15) is 0 Å². The second-order valence-electron chi connectivity index (χ2n) is 6.75. The third-order valence-electron chi connectivity index (χ3n) is 4.46. The molecule has 0 unspecified atom stereocenters. The minimum Gasteiger partial charge on any atom is -0.497 e. The lowest BCUT2D eigenvalue weighted by molar-refractivity contribution is 0.305. The van der Waals surface area contributed by atoms with Gasteiger partial charge in [-0.2, -0.15) is 5.10 Å². The lowest BCUT2D eigenvalue weighted by atomic mass is 9.98. The molecule has 5 nitrogen and oxygen atoms in total. The molecule has 0 amide bonds. The Morgan fingerprint density at radius 2 is 2.04 bits per heavy atom. The van der Waals surface area contributed by atoms with Crippen molar-refractivity contribution in [2.24, 2.45) is 5.92 Å². The average Bonchev–Trinajstić information content (AvgIpc) is 3.18. The SMILES string of the molecule is COc1ccc([C@H]2CCN(Cc3ncnn3CC(C)C)C2)cc1. The fraction of sp³-hybridized carbons (Fsp3) is 0.556. The van der Waals surface area contributed by atoms with E-state index in [2.05, 4.69) is 53.1 Å².